The van der Waals surface area contributed by atoms with Gasteiger partial charge in [0.05, 0.1) is 0 Å². The molecule has 0 aliphatic carbocycles. The molecule has 1 unspecified atom stereocenters. The van der Waals surface area contributed by atoms with Gasteiger partial charge < -0.3 is 16.4 Å². The van der Waals surface area contributed by atoms with E-state index in [0.29, 0.717) is 19.4 Å². The van der Waals surface area contributed by atoms with Crippen LogP contribution in [0.3, 0.4) is 0 Å². The highest BCUT2D eigenvalue weighted by molar-refractivity contribution is 5.79. The van der Waals surface area contributed by atoms with Gasteiger partial charge in [-0.1, -0.05) is 0 Å². The summed E-state index contributed by atoms with van der Waals surface area (Å²) in [5.74, 6) is -0.00273. The van der Waals surface area contributed by atoms with Crippen LogP contribution in [-0.4, -0.2) is 29.9 Å². The van der Waals surface area contributed by atoms with Crippen molar-refractivity contribution < 1.29 is 9.59 Å². The molecule has 0 aromatic heterocycles. The molecule has 2 amide bonds. The quantitative estimate of drug-likeness (QED) is 0.589. The number of hydrogen-bond donors (Lipinski definition) is 3. The van der Waals surface area contributed by atoms with Crippen molar-refractivity contribution in [1.29, 1.82) is 0 Å². The van der Waals surface area contributed by atoms with Crippen LogP contribution in [0.15, 0.2) is 0 Å². The molecule has 15 heavy (non-hydrogen) atoms. The monoisotopic (exact) mass is 213 g/mol. The van der Waals surface area contributed by atoms with Crippen molar-refractivity contribution in [3.05, 3.63) is 0 Å². The van der Waals surface area contributed by atoms with Crippen LogP contribution < -0.4 is 16.4 Å². The summed E-state index contributed by atoms with van der Waals surface area (Å²) in [6, 6.07) is 0.0855. The van der Waals surface area contributed by atoms with Gasteiger partial charge in [-0.3, -0.25) is 9.59 Å². The second kappa shape index (κ2) is 4.61. The standard InChI is InChI=1S/C10H19N3O2/c1-10(2,11)5-9(15)12-6-7-3-4-8(14)13-7/h7H,3-6,11H2,1-2H3,(H,12,15)(H,13,14). The smallest absolute Gasteiger partial charge is 0.221 e. The Labute approximate surface area is 89.8 Å². The molecule has 4 N–H and O–H groups in total. The molecule has 1 heterocycles. The molecule has 1 aliphatic heterocycles. The molecule has 0 radical (unpaired) electrons. The molecule has 0 saturated carbocycles. The summed E-state index contributed by atoms with van der Waals surface area (Å²) < 4.78 is 0. The van der Waals surface area contributed by atoms with Crippen LogP contribution in [0, 0.1) is 0 Å². The van der Waals surface area contributed by atoms with Crippen molar-refractivity contribution in [3.8, 4) is 0 Å². The molecule has 1 rings (SSSR count). The first-order valence-electron chi connectivity index (χ1n) is 5.22. The van der Waals surface area contributed by atoms with E-state index >= 15 is 0 Å². The fraction of sp³-hybridized carbons (Fsp3) is 0.800. The molecule has 0 spiro atoms. The van der Waals surface area contributed by atoms with E-state index in [1.54, 1.807) is 0 Å². The molecular formula is C10H19N3O2. The van der Waals surface area contributed by atoms with Crippen molar-refractivity contribution in [2.45, 2.75) is 44.7 Å². The lowest BCUT2D eigenvalue weighted by molar-refractivity contribution is -0.122. The summed E-state index contributed by atoms with van der Waals surface area (Å²) in [4.78, 5) is 22.3. The Bertz CT molecular complexity index is 258. The fourth-order valence-corrected chi connectivity index (χ4v) is 1.54. The van der Waals surface area contributed by atoms with Gasteiger partial charge >= 0.3 is 0 Å². The summed E-state index contributed by atoms with van der Waals surface area (Å²) in [5, 5.41) is 5.56. The minimum atomic E-state index is -0.483. The summed E-state index contributed by atoms with van der Waals surface area (Å²) in [6.45, 7) is 4.12. The Morgan fingerprint density at radius 1 is 1.67 bits per heavy atom. The van der Waals surface area contributed by atoms with Gasteiger partial charge in [-0.15, -0.1) is 0 Å². The second-order valence-corrected chi connectivity index (χ2v) is 4.77. The third-order valence-electron chi connectivity index (χ3n) is 2.25. The average molecular weight is 213 g/mol. The molecule has 86 valence electrons. The summed E-state index contributed by atoms with van der Waals surface area (Å²) >= 11 is 0. The van der Waals surface area contributed by atoms with Gasteiger partial charge in [-0.2, -0.15) is 0 Å². The van der Waals surface area contributed by atoms with Crippen molar-refractivity contribution >= 4 is 11.8 Å². The fourth-order valence-electron chi connectivity index (χ4n) is 1.54. The summed E-state index contributed by atoms with van der Waals surface area (Å²) in [5.41, 5.74) is 5.23. The first-order valence-corrected chi connectivity index (χ1v) is 5.22. The van der Waals surface area contributed by atoms with Gasteiger partial charge in [0.2, 0.25) is 11.8 Å². The molecule has 5 nitrogen and oxygen atoms in total. The maximum absolute atomic E-state index is 11.4. The van der Waals surface area contributed by atoms with Gasteiger partial charge in [0.1, 0.15) is 0 Å². The van der Waals surface area contributed by atoms with E-state index in [4.69, 9.17) is 5.73 Å². The first-order chi connectivity index (χ1) is 6.87. The average Bonchev–Trinajstić information content (AvgIpc) is 2.45. The van der Waals surface area contributed by atoms with Crippen LogP contribution in [0.2, 0.25) is 0 Å². The van der Waals surface area contributed by atoms with Crippen LogP contribution in [-0.2, 0) is 9.59 Å². The van der Waals surface area contributed by atoms with Crippen molar-refractivity contribution in [2.75, 3.05) is 6.54 Å². The van der Waals surface area contributed by atoms with E-state index in [-0.39, 0.29) is 17.9 Å². The highest BCUT2D eigenvalue weighted by Gasteiger charge is 2.22. The van der Waals surface area contributed by atoms with Crippen LogP contribution in [0.4, 0.5) is 0 Å². The van der Waals surface area contributed by atoms with Crippen LogP contribution in [0.1, 0.15) is 33.1 Å². The Kier molecular flexibility index (Phi) is 3.68. The Hall–Kier alpha value is -1.10. The third kappa shape index (κ3) is 4.78. The normalized spacial score (nSPS) is 21.3. The Balaban J connectivity index is 2.20. The van der Waals surface area contributed by atoms with E-state index in [1.165, 1.54) is 0 Å². The highest BCUT2D eigenvalue weighted by atomic mass is 16.2. The van der Waals surface area contributed by atoms with Crippen LogP contribution in [0.5, 0.6) is 0 Å². The molecule has 1 aliphatic rings. The molecule has 1 atom stereocenters. The summed E-state index contributed by atoms with van der Waals surface area (Å²) in [6.07, 6.45) is 1.65. The molecule has 0 aromatic rings. The lowest BCUT2D eigenvalue weighted by atomic mass is 10.0. The lowest BCUT2D eigenvalue weighted by Gasteiger charge is -2.18. The largest absolute Gasteiger partial charge is 0.354 e. The Morgan fingerprint density at radius 3 is 2.80 bits per heavy atom. The van der Waals surface area contributed by atoms with Gasteiger partial charge in [0, 0.05) is 31.0 Å². The zero-order chi connectivity index (χ0) is 11.5. The van der Waals surface area contributed by atoms with E-state index in [9.17, 15) is 9.59 Å². The van der Waals surface area contributed by atoms with E-state index in [0.717, 1.165) is 6.42 Å². The lowest BCUT2D eigenvalue weighted by Crippen LogP contribution is -2.43. The molecule has 0 aromatic carbocycles. The minimum absolute atomic E-state index is 0.0633. The first kappa shape index (κ1) is 12.0. The number of nitrogens with one attached hydrogen (secondary N) is 2. The summed E-state index contributed by atoms with van der Waals surface area (Å²) in [7, 11) is 0. The van der Waals surface area contributed by atoms with Gasteiger partial charge in [0.15, 0.2) is 0 Å². The van der Waals surface area contributed by atoms with E-state index in [1.807, 2.05) is 13.8 Å². The predicted octanol–water partition coefficient (Wildman–Crippen LogP) is -0.491. The van der Waals surface area contributed by atoms with E-state index < -0.39 is 5.54 Å². The van der Waals surface area contributed by atoms with Crippen LogP contribution in [0.25, 0.3) is 0 Å². The zero-order valence-corrected chi connectivity index (χ0v) is 9.30. The maximum Gasteiger partial charge on any atom is 0.221 e. The topological polar surface area (TPSA) is 84.2 Å². The number of nitrogens with two attached hydrogens (primary N) is 1. The number of carbonyl (C=O) groups excluding carboxylic acids is 2. The van der Waals surface area contributed by atoms with Gasteiger partial charge in [0.25, 0.3) is 0 Å². The SMILES string of the molecule is CC(C)(N)CC(=O)NCC1CCC(=O)N1. The molecule has 1 fully saturated rings. The Morgan fingerprint density at radius 2 is 2.33 bits per heavy atom. The van der Waals surface area contributed by atoms with Gasteiger partial charge in [-0.05, 0) is 20.3 Å². The maximum atomic E-state index is 11.4. The number of rotatable bonds is 4. The third-order valence-corrected chi connectivity index (χ3v) is 2.25. The molecule has 1 saturated heterocycles. The van der Waals surface area contributed by atoms with E-state index in [2.05, 4.69) is 10.6 Å². The van der Waals surface area contributed by atoms with Gasteiger partial charge in [-0.25, -0.2) is 0 Å². The number of carbonyl (C=O) groups is 2. The highest BCUT2D eigenvalue weighted by Crippen LogP contribution is 2.06. The number of amides is 2. The van der Waals surface area contributed by atoms with Crippen molar-refractivity contribution in [3.63, 3.8) is 0 Å². The zero-order valence-electron chi connectivity index (χ0n) is 9.30. The molecule has 0 bridgehead atoms. The van der Waals surface area contributed by atoms with Crippen molar-refractivity contribution in [1.82, 2.24) is 10.6 Å². The number of hydrogen-bond acceptors (Lipinski definition) is 3. The molecular weight excluding hydrogens is 194 g/mol. The predicted molar refractivity (Wildman–Crippen MR) is 57.1 cm³/mol. The molecule has 5 heteroatoms. The minimum Gasteiger partial charge on any atom is -0.354 e. The van der Waals surface area contributed by atoms with Crippen molar-refractivity contribution in [2.24, 2.45) is 5.73 Å². The van der Waals surface area contributed by atoms with Crippen LogP contribution >= 0.6 is 0 Å². The second-order valence-electron chi connectivity index (χ2n) is 4.77.